The monoisotopic (exact) mass is 284 g/mol. The van der Waals surface area contributed by atoms with Gasteiger partial charge < -0.3 is 10.7 Å². The van der Waals surface area contributed by atoms with Crippen molar-refractivity contribution < 1.29 is 4.79 Å². The maximum Gasteiger partial charge on any atom is 0.195 e. The molecule has 3 rings (SSSR count). The molecular weight excluding hydrogens is 272 g/mol. The minimum absolute atomic E-state index is 0.0612. The zero-order chi connectivity index (χ0) is 14.3. The second-order valence-corrected chi connectivity index (χ2v) is 5.23. The van der Waals surface area contributed by atoms with Crippen molar-refractivity contribution in [2.75, 3.05) is 5.73 Å². The number of anilines is 1. The van der Waals surface area contributed by atoms with Gasteiger partial charge >= 0.3 is 0 Å². The Morgan fingerprint density at radius 3 is 2.80 bits per heavy atom. The maximum absolute atomic E-state index is 12.6. The van der Waals surface area contributed by atoms with Crippen molar-refractivity contribution in [3.8, 4) is 0 Å². The van der Waals surface area contributed by atoms with E-state index in [9.17, 15) is 4.79 Å². The van der Waals surface area contributed by atoms with E-state index in [0.717, 1.165) is 16.5 Å². The molecule has 3 N–H and O–H groups in total. The number of rotatable bonds is 2. The van der Waals surface area contributed by atoms with Crippen molar-refractivity contribution >= 4 is 34.0 Å². The third kappa shape index (κ3) is 2.06. The van der Waals surface area contributed by atoms with E-state index in [4.69, 9.17) is 17.3 Å². The number of nitrogens with one attached hydrogen (secondary N) is 1. The number of aromatic amines is 1. The number of halogens is 1. The van der Waals surface area contributed by atoms with Crippen LogP contribution in [0.2, 0.25) is 5.02 Å². The first-order valence-electron chi connectivity index (χ1n) is 6.24. The lowest BCUT2D eigenvalue weighted by atomic mass is 10.0. The van der Waals surface area contributed by atoms with Crippen LogP contribution in [0, 0.1) is 6.92 Å². The van der Waals surface area contributed by atoms with Crippen LogP contribution in [0.1, 0.15) is 21.5 Å². The summed E-state index contributed by atoms with van der Waals surface area (Å²) < 4.78 is 0. The Kier molecular flexibility index (Phi) is 2.99. The quantitative estimate of drug-likeness (QED) is 0.553. The first-order chi connectivity index (χ1) is 9.56. The predicted octanol–water partition coefficient (Wildman–Crippen LogP) is 3.94. The van der Waals surface area contributed by atoms with Crippen molar-refractivity contribution in [1.82, 2.24) is 4.98 Å². The number of aromatic nitrogens is 1. The number of hydrogen-bond donors (Lipinski definition) is 2. The minimum atomic E-state index is -0.0612. The summed E-state index contributed by atoms with van der Waals surface area (Å²) >= 11 is 6.11. The molecule has 0 bridgehead atoms. The molecule has 0 aliphatic rings. The number of aryl methyl sites for hydroxylation is 1. The number of nitrogen functional groups attached to an aromatic ring is 1. The lowest BCUT2D eigenvalue weighted by Crippen LogP contribution is -2.02. The minimum Gasteiger partial charge on any atom is -0.399 e. The van der Waals surface area contributed by atoms with E-state index in [-0.39, 0.29) is 5.78 Å². The third-order valence-corrected chi connectivity index (χ3v) is 3.59. The Bertz CT molecular complexity index is 800. The van der Waals surface area contributed by atoms with Gasteiger partial charge in [-0.15, -0.1) is 0 Å². The maximum atomic E-state index is 12.6. The molecule has 100 valence electrons. The van der Waals surface area contributed by atoms with Crippen molar-refractivity contribution in [1.29, 1.82) is 0 Å². The number of carbonyl (C=O) groups is 1. The fourth-order valence-electron chi connectivity index (χ4n) is 2.40. The fourth-order valence-corrected chi connectivity index (χ4v) is 2.63. The number of ketones is 1. The number of benzene rings is 2. The van der Waals surface area contributed by atoms with E-state index in [2.05, 4.69) is 4.98 Å². The Balaban J connectivity index is 2.15. The molecule has 0 atom stereocenters. The van der Waals surface area contributed by atoms with E-state index in [1.807, 2.05) is 31.2 Å². The Morgan fingerprint density at radius 1 is 1.25 bits per heavy atom. The third-order valence-electron chi connectivity index (χ3n) is 3.27. The highest BCUT2D eigenvalue weighted by Crippen LogP contribution is 2.27. The summed E-state index contributed by atoms with van der Waals surface area (Å²) in [5.41, 5.74) is 9.33. The van der Waals surface area contributed by atoms with E-state index in [1.54, 1.807) is 18.3 Å². The number of H-pyrrole nitrogens is 1. The van der Waals surface area contributed by atoms with Crippen molar-refractivity contribution in [3.63, 3.8) is 0 Å². The van der Waals surface area contributed by atoms with Gasteiger partial charge in [0.05, 0.1) is 10.5 Å². The van der Waals surface area contributed by atoms with E-state index < -0.39 is 0 Å². The number of fused-ring (bicyclic) bond motifs is 1. The van der Waals surface area contributed by atoms with Gasteiger partial charge in [0.2, 0.25) is 0 Å². The zero-order valence-corrected chi connectivity index (χ0v) is 11.7. The van der Waals surface area contributed by atoms with E-state index in [0.29, 0.717) is 21.8 Å². The molecule has 0 spiro atoms. The van der Waals surface area contributed by atoms with Crippen LogP contribution in [-0.4, -0.2) is 10.8 Å². The first-order valence-corrected chi connectivity index (χ1v) is 6.61. The van der Waals surface area contributed by atoms with Crippen molar-refractivity contribution in [2.24, 2.45) is 0 Å². The second-order valence-electron chi connectivity index (χ2n) is 4.83. The number of carbonyl (C=O) groups excluding carboxylic acids is 1. The molecule has 1 heterocycles. The molecule has 0 aliphatic carbocycles. The van der Waals surface area contributed by atoms with Gasteiger partial charge in [-0.3, -0.25) is 4.79 Å². The standard InChI is InChI=1S/C16H13ClN2O/c1-9-5-10(7-11(18)6-9)16(20)13-8-19-15-12(13)3-2-4-14(15)17/h2-8,19H,18H2,1H3. The first kappa shape index (κ1) is 12.8. The molecule has 1 aromatic heterocycles. The van der Waals surface area contributed by atoms with Gasteiger partial charge in [-0.2, -0.15) is 0 Å². The lowest BCUT2D eigenvalue weighted by molar-refractivity contribution is 0.104. The van der Waals surface area contributed by atoms with Crippen LogP contribution in [0.3, 0.4) is 0 Å². The summed E-state index contributed by atoms with van der Waals surface area (Å²) in [4.78, 5) is 15.7. The molecule has 4 heteroatoms. The molecule has 0 saturated carbocycles. The van der Waals surface area contributed by atoms with Gasteiger partial charge in [-0.1, -0.05) is 23.7 Å². The number of nitrogens with two attached hydrogens (primary N) is 1. The Labute approximate surface area is 121 Å². The van der Waals surface area contributed by atoms with Gasteiger partial charge in [0.1, 0.15) is 0 Å². The SMILES string of the molecule is Cc1cc(N)cc(C(=O)c2c[nH]c3c(Cl)cccc23)c1. The zero-order valence-electron chi connectivity index (χ0n) is 10.9. The topological polar surface area (TPSA) is 58.9 Å². The molecule has 3 nitrogen and oxygen atoms in total. The van der Waals surface area contributed by atoms with Crippen LogP contribution in [0.15, 0.2) is 42.6 Å². The summed E-state index contributed by atoms with van der Waals surface area (Å²) in [6, 6.07) is 10.9. The van der Waals surface area contributed by atoms with E-state index >= 15 is 0 Å². The van der Waals surface area contributed by atoms with Crippen LogP contribution in [-0.2, 0) is 0 Å². The summed E-state index contributed by atoms with van der Waals surface area (Å²) in [6.45, 7) is 1.92. The molecule has 0 saturated heterocycles. The summed E-state index contributed by atoms with van der Waals surface area (Å²) in [5, 5.41) is 1.42. The number of hydrogen-bond acceptors (Lipinski definition) is 2. The fraction of sp³-hybridized carbons (Fsp3) is 0.0625. The van der Waals surface area contributed by atoms with E-state index in [1.165, 1.54) is 0 Å². The Morgan fingerprint density at radius 2 is 2.05 bits per heavy atom. The smallest absolute Gasteiger partial charge is 0.195 e. The highest BCUT2D eigenvalue weighted by molar-refractivity contribution is 6.35. The van der Waals surface area contributed by atoms with Gasteiger partial charge in [-0.25, -0.2) is 0 Å². The summed E-state index contributed by atoms with van der Waals surface area (Å²) in [5.74, 6) is -0.0612. The van der Waals surface area contributed by atoms with Gasteiger partial charge in [-0.05, 0) is 36.8 Å². The summed E-state index contributed by atoms with van der Waals surface area (Å²) in [6.07, 6.45) is 1.69. The molecule has 3 aromatic rings. The average molecular weight is 285 g/mol. The van der Waals surface area contributed by atoms with Crippen LogP contribution in [0.5, 0.6) is 0 Å². The predicted molar refractivity (Wildman–Crippen MR) is 82.3 cm³/mol. The van der Waals surface area contributed by atoms with Gasteiger partial charge in [0.25, 0.3) is 0 Å². The molecule has 0 unspecified atom stereocenters. The number of para-hydroxylation sites is 1. The van der Waals surface area contributed by atoms with Crippen molar-refractivity contribution in [3.05, 3.63) is 64.3 Å². The normalized spacial score (nSPS) is 10.9. The van der Waals surface area contributed by atoms with Crippen LogP contribution >= 0.6 is 11.6 Å². The molecule has 0 radical (unpaired) electrons. The molecule has 2 aromatic carbocycles. The molecule has 0 amide bonds. The highest BCUT2D eigenvalue weighted by Gasteiger charge is 2.15. The molecule has 20 heavy (non-hydrogen) atoms. The Hall–Kier alpha value is -2.26. The highest BCUT2D eigenvalue weighted by atomic mass is 35.5. The molecule has 0 aliphatic heterocycles. The van der Waals surface area contributed by atoms with Crippen LogP contribution in [0.25, 0.3) is 10.9 Å². The molecular formula is C16H13ClN2O. The second kappa shape index (κ2) is 4.69. The molecule has 0 fully saturated rings. The van der Waals surface area contributed by atoms with Crippen LogP contribution < -0.4 is 5.73 Å². The average Bonchev–Trinajstić information content (AvgIpc) is 2.82. The largest absolute Gasteiger partial charge is 0.399 e. The van der Waals surface area contributed by atoms with Gasteiger partial charge in [0, 0.05) is 28.4 Å². The van der Waals surface area contributed by atoms with Crippen molar-refractivity contribution in [2.45, 2.75) is 6.92 Å². The lowest BCUT2D eigenvalue weighted by Gasteiger charge is -2.03. The summed E-state index contributed by atoms with van der Waals surface area (Å²) in [7, 11) is 0. The van der Waals surface area contributed by atoms with Gasteiger partial charge in [0.15, 0.2) is 5.78 Å². The van der Waals surface area contributed by atoms with Crippen LogP contribution in [0.4, 0.5) is 5.69 Å².